The van der Waals surface area contributed by atoms with Crippen LogP contribution in [0.5, 0.6) is 0 Å². The third-order valence-corrected chi connectivity index (χ3v) is 2.51. The fraction of sp³-hybridized carbons (Fsp3) is 1.00. The molecule has 1 aliphatic rings. The first kappa shape index (κ1) is 12.0. The van der Waals surface area contributed by atoms with Crippen LogP contribution < -0.4 is 0 Å². The maximum atomic E-state index is 5.71. The van der Waals surface area contributed by atoms with Crippen molar-refractivity contribution in [1.82, 2.24) is 0 Å². The van der Waals surface area contributed by atoms with E-state index in [4.69, 9.17) is 14.2 Å². The van der Waals surface area contributed by atoms with E-state index >= 15 is 0 Å². The third-order valence-electron chi connectivity index (χ3n) is 2.51. The topological polar surface area (TPSA) is 27.7 Å². The van der Waals surface area contributed by atoms with Crippen LogP contribution in [0.1, 0.15) is 20.3 Å². The molecule has 3 nitrogen and oxygen atoms in total. The SMILES string of the molecule is B[C@@H]1CO[C@H](COCC)C(OCC)C1. The van der Waals surface area contributed by atoms with E-state index in [0.29, 0.717) is 12.4 Å². The maximum absolute atomic E-state index is 5.71. The lowest BCUT2D eigenvalue weighted by molar-refractivity contribution is -0.127. The molecule has 1 saturated heterocycles. The van der Waals surface area contributed by atoms with E-state index < -0.39 is 0 Å². The van der Waals surface area contributed by atoms with Crippen molar-refractivity contribution in [3.8, 4) is 0 Å². The van der Waals surface area contributed by atoms with E-state index in [9.17, 15) is 0 Å². The van der Waals surface area contributed by atoms with Crippen LogP contribution in [0.3, 0.4) is 0 Å². The summed E-state index contributed by atoms with van der Waals surface area (Å²) in [7, 11) is 2.20. The number of ether oxygens (including phenoxy) is 3. The molecule has 1 unspecified atom stereocenters. The van der Waals surface area contributed by atoms with Crippen molar-refractivity contribution in [3.63, 3.8) is 0 Å². The summed E-state index contributed by atoms with van der Waals surface area (Å²) in [6.07, 6.45) is 1.44. The fourth-order valence-electron chi connectivity index (χ4n) is 1.79. The Labute approximate surface area is 87.5 Å². The van der Waals surface area contributed by atoms with E-state index in [-0.39, 0.29) is 12.2 Å². The van der Waals surface area contributed by atoms with Gasteiger partial charge in [-0.15, -0.1) is 0 Å². The molecule has 1 rings (SSSR count). The van der Waals surface area contributed by atoms with Gasteiger partial charge < -0.3 is 14.2 Å². The van der Waals surface area contributed by atoms with Gasteiger partial charge in [0, 0.05) is 19.8 Å². The molecule has 1 aliphatic heterocycles. The Morgan fingerprint density at radius 2 is 2.14 bits per heavy atom. The van der Waals surface area contributed by atoms with E-state index in [0.717, 1.165) is 26.2 Å². The summed E-state index contributed by atoms with van der Waals surface area (Å²) in [4.78, 5) is 0. The minimum absolute atomic E-state index is 0.131. The summed E-state index contributed by atoms with van der Waals surface area (Å²) < 4.78 is 16.7. The van der Waals surface area contributed by atoms with Gasteiger partial charge in [0.2, 0.25) is 0 Å². The molecule has 0 aromatic heterocycles. The maximum Gasteiger partial charge on any atom is 0.108 e. The predicted molar refractivity (Wildman–Crippen MR) is 58.6 cm³/mol. The van der Waals surface area contributed by atoms with Crippen molar-refractivity contribution in [2.45, 2.75) is 38.3 Å². The Hall–Kier alpha value is -0.0551. The average Bonchev–Trinajstić information content (AvgIpc) is 2.17. The van der Waals surface area contributed by atoms with Gasteiger partial charge in [0.25, 0.3) is 0 Å². The molecule has 3 atom stereocenters. The largest absolute Gasteiger partial charge is 0.379 e. The van der Waals surface area contributed by atoms with Gasteiger partial charge in [-0.3, -0.25) is 0 Å². The van der Waals surface area contributed by atoms with Crippen LogP contribution in [0.15, 0.2) is 0 Å². The molecule has 0 saturated carbocycles. The van der Waals surface area contributed by atoms with Gasteiger partial charge in [-0.1, -0.05) is 0 Å². The minimum atomic E-state index is 0.131. The van der Waals surface area contributed by atoms with E-state index in [1.54, 1.807) is 0 Å². The van der Waals surface area contributed by atoms with Crippen LogP contribution >= 0.6 is 0 Å². The monoisotopic (exact) mass is 200 g/mol. The summed E-state index contributed by atoms with van der Waals surface area (Å²) in [5.74, 6) is 0.601. The van der Waals surface area contributed by atoms with Gasteiger partial charge in [-0.25, -0.2) is 0 Å². The first-order valence-electron chi connectivity index (χ1n) is 5.58. The number of hydrogen-bond donors (Lipinski definition) is 0. The molecule has 0 aliphatic carbocycles. The molecule has 0 N–H and O–H groups in total. The summed E-state index contributed by atoms with van der Waals surface area (Å²) in [5.41, 5.74) is 0. The Balaban J connectivity index is 2.36. The molecule has 14 heavy (non-hydrogen) atoms. The molecule has 0 aromatic carbocycles. The van der Waals surface area contributed by atoms with Crippen LogP contribution in [0, 0.1) is 0 Å². The molecule has 0 radical (unpaired) electrons. The molecule has 82 valence electrons. The normalized spacial score (nSPS) is 33.1. The molecule has 4 heteroatoms. The highest BCUT2D eigenvalue weighted by Crippen LogP contribution is 2.24. The second kappa shape index (κ2) is 6.43. The van der Waals surface area contributed by atoms with E-state index in [1.165, 1.54) is 0 Å². The predicted octanol–water partition coefficient (Wildman–Crippen LogP) is 0.638. The van der Waals surface area contributed by atoms with Gasteiger partial charge in [0.1, 0.15) is 14.0 Å². The average molecular weight is 200 g/mol. The standard InChI is InChI=1S/C10H21BO3/c1-3-12-7-10-9(13-4-2)5-8(11)6-14-10/h8-10H,3-7,11H2,1-2H3/t8-,9?,10+/m0/s1. The Morgan fingerprint density at radius 3 is 2.79 bits per heavy atom. The molecule has 0 bridgehead atoms. The molecule has 0 aromatic rings. The van der Waals surface area contributed by atoms with Gasteiger partial charge in [0.05, 0.1) is 12.7 Å². The van der Waals surface area contributed by atoms with Crippen molar-refractivity contribution in [2.75, 3.05) is 26.4 Å². The Morgan fingerprint density at radius 1 is 1.36 bits per heavy atom. The zero-order valence-corrected chi connectivity index (χ0v) is 9.49. The first-order chi connectivity index (χ1) is 6.77. The molecular formula is C10H21BO3. The Kier molecular flexibility index (Phi) is 5.52. The Bertz CT molecular complexity index is 152. The van der Waals surface area contributed by atoms with Crippen molar-refractivity contribution < 1.29 is 14.2 Å². The van der Waals surface area contributed by atoms with Crippen LogP contribution in [-0.2, 0) is 14.2 Å². The van der Waals surface area contributed by atoms with Gasteiger partial charge in [-0.2, -0.15) is 0 Å². The van der Waals surface area contributed by atoms with Crippen LogP contribution in [0.4, 0.5) is 0 Å². The lowest BCUT2D eigenvalue weighted by Crippen LogP contribution is -2.41. The second-order valence-corrected chi connectivity index (χ2v) is 3.87. The minimum Gasteiger partial charge on any atom is -0.379 e. The summed E-state index contributed by atoms with van der Waals surface area (Å²) in [6, 6.07) is 0. The zero-order chi connectivity index (χ0) is 10.4. The van der Waals surface area contributed by atoms with Gasteiger partial charge in [0.15, 0.2) is 0 Å². The quantitative estimate of drug-likeness (QED) is 0.609. The van der Waals surface area contributed by atoms with Crippen molar-refractivity contribution in [2.24, 2.45) is 0 Å². The van der Waals surface area contributed by atoms with Crippen LogP contribution in [0.25, 0.3) is 0 Å². The highest BCUT2D eigenvalue weighted by molar-refractivity contribution is 6.11. The molecule has 0 spiro atoms. The van der Waals surface area contributed by atoms with Crippen molar-refractivity contribution in [1.29, 1.82) is 0 Å². The highest BCUT2D eigenvalue weighted by atomic mass is 16.6. The van der Waals surface area contributed by atoms with E-state index in [1.807, 2.05) is 13.8 Å². The third kappa shape index (κ3) is 3.60. The lowest BCUT2D eigenvalue weighted by Gasteiger charge is -2.34. The highest BCUT2D eigenvalue weighted by Gasteiger charge is 2.29. The van der Waals surface area contributed by atoms with Gasteiger partial charge >= 0.3 is 0 Å². The van der Waals surface area contributed by atoms with Crippen molar-refractivity contribution in [3.05, 3.63) is 0 Å². The molecule has 0 amide bonds. The van der Waals surface area contributed by atoms with Gasteiger partial charge in [-0.05, 0) is 26.1 Å². The smallest absolute Gasteiger partial charge is 0.108 e. The molecule has 1 fully saturated rings. The summed E-state index contributed by atoms with van der Waals surface area (Å²) in [6.45, 7) is 7.02. The summed E-state index contributed by atoms with van der Waals surface area (Å²) in [5, 5.41) is 0. The van der Waals surface area contributed by atoms with Crippen LogP contribution in [0.2, 0.25) is 5.82 Å². The molecular weight excluding hydrogens is 179 g/mol. The second-order valence-electron chi connectivity index (χ2n) is 3.87. The lowest BCUT2D eigenvalue weighted by atomic mass is 9.80. The molecule has 1 heterocycles. The van der Waals surface area contributed by atoms with Crippen molar-refractivity contribution >= 4 is 7.85 Å². The number of hydrogen-bond acceptors (Lipinski definition) is 3. The fourth-order valence-corrected chi connectivity index (χ4v) is 1.79. The first-order valence-corrected chi connectivity index (χ1v) is 5.58. The van der Waals surface area contributed by atoms with E-state index in [2.05, 4.69) is 7.85 Å². The van der Waals surface area contributed by atoms with Crippen LogP contribution in [-0.4, -0.2) is 46.5 Å². The zero-order valence-electron chi connectivity index (χ0n) is 9.49. The summed E-state index contributed by atoms with van der Waals surface area (Å²) >= 11 is 0. The number of rotatable bonds is 5.